The van der Waals surface area contributed by atoms with Gasteiger partial charge in [-0.1, -0.05) is 0 Å². The van der Waals surface area contributed by atoms with Crippen LogP contribution in [0.25, 0.3) is 0 Å². The van der Waals surface area contributed by atoms with E-state index < -0.39 is 7.25 Å². The Morgan fingerprint density at radius 1 is 0.688 bits per heavy atom. The van der Waals surface area contributed by atoms with Gasteiger partial charge in [-0.25, -0.2) is 0 Å². The van der Waals surface area contributed by atoms with Gasteiger partial charge < -0.3 is 17.3 Å². The number of rotatable bonds is 0. The van der Waals surface area contributed by atoms with E-state index in [1.807, 2.05) is 0 Å². The van der Waals surface area contributed by atoms with Crippen LogP contribution in [-0.4, -0.2) is 7.25 Å². The van der Waals surface area contributed by atoms with Crippen molar-refractivity contribution in [2.45, 2.75) is 25.7 Å². The molecule has 2 aliphatic rings. The van der Waals surface area contributed by atoms with Crippen molar-refractivity contribution in [3.8, 4) is 0 Å². The molecule has 6 heteroatoms. The fourth-order valence-electron chi connectivity index (χ4n) is 0.833. The Morgan fingerprint density at radius 2 is 0.875 bits per heavy atom. The van der Waals surface area contributed by atoms with E-state index in [0.29, 0.717) is 0 Å². The summed E-state index contributed by atoms with van der Waals surface area (Å²) in [5.41, 5.74) is 5.94. The molecule has 0 heterocycles. The number of hydrogen-bond donors (Lipinski definition) is 0. The Bertz CT molecular complexity index is 238. The van der Waals surface area contributed by atoms with Crippen molar-refractivity contribution in [2.24, 2.45) is 0 Å². The minimum Gasteiger partial charge on any atom is -0.418 e. The molecule has 0 bridgehead atoms. The predicted octanol–water partition coefficient (Wildman–Crippen LogP) is 4.28. The van der Waals surface area contributed by atoms with Gasteiger partial charge in [-0.15, -0.1) is 11.5 Å². The zero-order valence-corrected chi connectivity index (χ0v) is 11.0. The second kappa shape index (κ2) is 11.0. The molecule has 0 amide bonds. The molecule has 0 aromatic rings. The first-order valence-electron chi connectivity index (χ1n) is 4.66. The molecule has 0 nitrogen and oxygen atoms in total. The van der Waals surface area contributed by atoms with Crippen molar-refractivity contribution >= 4 is 7.25 Å². The molecule has 0 aromatic carbocycles. The summed E-state index contributed by atoms with van der Waals surface area (Å²) in [6, 6.07) is 0. The molecule has 2 rings (SSSR count). The van der Waals surface area contributed by atoms with Crippen LogP contribution >= 0.6 is 0 Å². The van der Waals surface area contributed by atoms with Crippen LogP contribution in [0.1, 0.15) is 25.7 Å². The zero-order chi connectivity index (χ0) is 11.6. The van der Waals surface area contributed by atoms with Gasteiger partial charge in [-0.3, -0.25) is 0 Å². The van der Waals surface area contributed by atoms with Crippen LogP contribution in [0.3, 0.4) is 0 Å². The van der Waals surface area contributed by atoms with E-state index in [1.54, 1.807) is 0 Å². The molecule has 0 unspecified atom stereocenters. The summed E-state index contributed by atoms with van der Waals surface area (Å²) in [6.07, 6.45) is 13.1. The Morgan fingerprint density at radius 3 is 0.938 bits per heavy atom. The first-order chi connectivity index (χ1) is 7.00. The number of hydrogen-bond acceptors (Lipinski definition) is 0. The molecule has 0 saturated heterocycles. The molecule has 0 N–H and O–H groups in total. The zero-order valence-electron chi connectivity index (χ0n) is 8.56. The second-order valence-electron chi connectivity index (χ2n) is 2.80. The summed E-state index contributed by atoms with van der Waals surface area (Å²) in [6.45, 7) is 0. The maximum Gasteiger partial charge on any atom is 0.673 e. The molecular weight excluding hydrogens is 399 g/mol. The van der Waals surface area contributed by atoms with Crippen LogP contribution in [0.2, 0.25) is 0 Å². The molecular formula is C10H12BF4Ir-. The minimum atomic E-state index is -6.00. The Labute approximate surface area is 106 Å². The molecule has 93 valence electrons. The van der Waals surface area contributed by atoms with E-state index in [1.165, 1.54) is 25.7 Å². The topological polar surface area (TPSA) is 0 Å². The van der Waals surface area contributed by atoms with Gasteiger partial charge in [0.05, 0.1) is 0 Å². The summed E-state index contributed by atoms with van der Waals surface area (Å²) >= 11 is 0. The quantitative estimate of drug-likeness (QED) is 0.317. The minimum absolute atomic E-state index is 0. The van der Waals surface area contributed by atoms with Crippen LogP contribution in [0, 0.1) is 0 Å². The first kappa shape index (κ1) is 17.9. The van der Waals surface area contributed by atoms with Gasteiger partial charge in [0.2, 0.25) is 0 Å². The fourth-order valence-corrected chi connectivity index (χ4v) is 0.833. The van der Waals surface area contributed by atoms with Crippen molar-refractivity contribution in [1.29, 1.82) is 0 Å². The van der Waals surface area contributed by atoms with E-state index in [-0.39, 0.29) is 20.1 Å². The van der Waals surface area contributed by atoms with E-state index in [0.717, 1.165) is 0 Å². The largest absolute Gasteiger partial charge is 0.673 e. The Balaban J connectivity index is 0. The van der Waals surface area contributed by atoms with Crippen LogP contribution < -0.4 is 0 Å². The summed E-state index contributed by atoms with van der Waals surface area (Å²) < 4.78 is 39.0. The third kappa shape index (κ3) is 23.4. The summed E-state index contributed by atoms with van der Waals surface area (Å²) in [4.78, 5) is 0. The van der Waals surface area contributed by atoms with Crippen molar-refractivity contribution in [2.75, 3.05) is 0 Å². The standard InChI is InChI=1S/2C5H6.BF4.Ir/c2*1-2-4-5-3-1;2-1(3,4)5;/h2*1,5H,2,4H2;;/q;;-1;. The average molecular weight is 411 g/mol. The van der Waals surface area contributed by atoms with Gasteiger partial charge in [0, 0.05) is 20.1 Å². The van der Waals surface area contributed by atoms with Crippen molar-refractivity contribution in [3.63, 3.8) is 0 Å². The molecule has 2 aliphatic carbocycles. The van der Waals surface area contributed by atoms with E-state index >= 15 is 0 Å². The number of allylic oxidation sites excluding steroid dienone is 2. The molecule has 0 fully saturated rings. The average Bonchev–Trinajstić information content (AvgIpc) is 2.81. The third-order valence-corrected chi connectivity index (χ3v) is 1.38. The Kier molecular flexibility index (Phi) is 12.2. The van der Waals surface area contributed by atoms with Crippen molar-refractivity contribution in [3.05, 3.63) is 35.8 Å². The summed E-state index contributed by atoms with van der Waals surface area (Å²) in [5.74, 6) is 0. The van der Waals surface area contributed by atoms with E-state index in [9.17, 15) is 17.3 Å². The maximum atomic E-state index is 9.75. The molecule has 0 spiro atoms. The van der Waals surface area contributed by atoms with Crippen LogP contribution in [0.15, 0.2) is 35.8 Å². The summed E-state index contributed by atoms with van der Waals surface area (Å²) in [7, 11) is -6.00. The normalized spacial score (nSPS) is 14.8. The number of halogens is 4. The van der Waals surface area contributed by atoms with Crippen LogP contribution in [0.5, 0.6) is 0 Å². The maximum absolute atomic E-state index is 9.75. The first-order valence-corrected chi connectivity index (χ1v) is 4.66. The van der Waals surface area contributed by atoms with Gasteiger partial charge >= 0.3 is 7.25 Å². The monoisotopic (exact) mass is 412 g/mol. The molecule has 0 atom stereocenters. The van der Waals surface area contributed by atoms with Gasteiger partial charge in [-0.05, 0) is 50.0 Å². The molecule has 0 aliphatic heterocycles. The van der Waals surface area contributed by atoms with Gasteiger partial charge in [0.25, 0.3) is 0 Å². The van der Waals surface area contributed by atoms with E-state index in [2.05, 4.69) is 35.8 Å². The van der Waals surface area contributed by atoms with Crippen LogP contribution in [-0.2, 0) is 20.1 Å². The summed E-state index contributed by atoms with van der Waals surface area (Å²) in [5, 5.41) is 0. The molecule has 1 radical (unpaired) electrons. The van der Waals surface area contributed by atoms with Crippen molar-refractivity contribution in [1.82, 2.24) is 0 Å². The van der Waals surface area contributed by atoms with Gasteiger partial charge in [0.15, 0.2) is 0 Å². The van der Waals surface area contributed by atoms with Crippen LogP contribution in [0.4, 0.5) is 17.3 Å². The van der Waals surface area contributed by atoms with E-state index in [4.69, 9.17) is 0 Å². The molecule has 0 aromatic heterocycles. The third-order valence-electron chi connectivity index (χ3n) is 1.38. The van der Waals surface area contributed by atoms with Gasteiger partial charge in [-0.2, -0.15) is 0 Å². The smallest absolute Gasteiger partial charge is 0.418 e. The molecule has 0 saturated carbocycles. The molecule has 16 heavy (non-hydrogen) atoms. The SMILES string of the molecule is C1=CCCC=1.C1=CCCC=1.F[B-](F)(F)F.[Ir]. The Hall–Kier alpha value is -0.526. The second-order valence-corrected chi connectivity index (χ2v) is 2.80. The predicted molar refractivity (Wildman–Crippen MR) is 54.0 cm³/mol. The van der Waals surface area contributed by atoms with Crippen molar-refractivity contribution < 1.29 is 37.4 Å². The van der Waals surface area contributed by atoms with Gasteiger partial charge in [0.1, 0.15) is 0 Å². The fraction of sp³-hybridized carbons (Fsp3) is 0.400.